The Labute approximate surface area is 126 Å². The van der Waals surface area contributed by atoms with E-state index >= 15 is 0 Å². The number of hydrogen-bond donors (Lipinski definition) is 1. The molecule has 1 aliphatic heterocycles. The smallest absolute Gasteiger partial charge is 0.123 e. The van der Waals surface area contributed by atoms with Crippen molar-refractivity contribution in [2.75, 3.05) is 6.54 Å². The second-order valence-corrected chi connectivity index (χ2v) is 5.82. The van der Waals surface area contributed by atoms with Gasteiger partial charge in [-0.3, -0.25) is 0 Å². The lowest BCUT2D eigenvalue weighted by molar-refractivity contribution is 0.254. The third-order valence-corrected chi connectivity index (χ3v) is 4.06. The molecule has 0 radical (unpaired) electrons. The molecule has 3 heteroatoms. The van der Waals surface area contributed by atoms with Crippen molar-refractivity contribution in [1.82, 2.24) is 5.32 Å². The highest BCUT2D eigenvalue weighted by atomic mass is 16.5. The molecule has 0 saturated heterocycles. The van der Waals surface area contributed by atoms with Crippen LogP contribution in [0.15, 0.2) is 34.9 Å². The molecule has 1 aliphatic rings. The number of ether oxygens (including phenoxy) is 1. The fourth-order valence-electron chi connectivity index (χ4n) is 3.01. The molecule has 0 fully saturated rings. The van der Waals surface area contributed by atoms with E-state index in [9.17, 15) is 0 Å². The molecule has 2 unspecified atom stereocenters. The van der Waals surface area contributed by atoms with Crippen LogP contribution in [0.5, 0.6) is 5.75 Å². The lowest BCUT2D eigenvalue weighted by atomic mass is 9.96. The van der Waals surface area contributed by atoms with Crippen LogP contribution in [-0.4, -0.2) is 12.6 Å². The Kier molecular flexibility index (Phi) is 4.02. The number of furan rings is 1. The molecule has 2 atom stereocenters. The maximum atomic E-state index is 5.80. The van der Waals surface area contributed by atoms with Gasteiger partial charge in [-0.15, -0.1) is 0 Å². The van der Waals surface area contributed by atoms with Crippen LogP contribution in [0.4, 0.5) is 0 Å². The normalized spacial score (nSPS) is 18.3. The fourth-order valence-corrected chi connectivity index (χ4v) is 3.01. The molecule has 0 spiro atoms. The summed E-state index contributed by atoms with van der Waals surface area (Å²) in [6.07, 6.45) is 4.16. The van der Waals surface area contributed by atoms with Crippen molar-refractivity contribution in [2.24, 2.45) is 0 Å². The molecule has 2 heterocycles. The van der Waals surface area contributed by atoms with Crippen LogP contribution >= 0.6 is 0 Å². The average molecular weight is 285 g/mol. The van der Waals surface area contributed by atoms with Gasteiger partial charge in [-0.05, 0) is 50.1 Å². The average Bonchev–Trinajstić information content (AvgIpc) is 3.04. The van der Waals surface area contributed by atoms with E-state index in [1.54, 1.807) is 6.26 Å². The van der Waals surface area contributed by atoms with Crippen LogP contribution < -0.4 is 10.1 Å². The molecule has 2 aromatic rings. The van der Waals surface area contributed by atoms with E-state index in [-0.39, 0.29) is 12.1 Å². The van der Waals surface area contributed by atoms with Crippen LogP contribution in [0.25, 0.3) is 0 Å². The summed E-state index contributed by atoms with van der Waals surface area (Å²) in [6, 6.07) is 8.79. The van der Waals surface area contributed by atoms with Gasteiger partial charge in [0.25, 0.3) is 0 Å². The third-order valence-electron chi connectivity index (χ3n) is 4.06. The summed E-state index contributed by atoms with van der Waals surface area (Å²) in [5.41, 5.74) is 3.81. The van der Waals surface area contributed by atoms with Gasteiger partial charge in [-0.2, -0.15) is 0 Å². The maximum absolute atomic E-state index is 5.80. The lowest BCUT2D eigenvalue weighted by Crippen LogP contribution is -2.23. The summed E-state index contributed by atoms with van der Waals surface area (Å²) in [7, 11) is 0. The minimum Gasteiger partial charge on any atom is -0.490 e. The quantitative estimate of drug-likeness (QED) is 0.901. The summed E-state index contributed by atoms with van der Waals surface area (Å²) in [5, 5.41) is 3.63. The number of hydrogen-bond acceptors (Lipinski definition) is 3. The monoisotopic (exact) mass is 285 g/mol. The largest absolute Gasteiger partial charge is 0.490 e. The Bertz CT molecular complexity index is 617. The zero-order valence-corrected chi connectivity index (χ0v) is 13.0. The summed E-state index contributed by atoms with van der Waals surface area (Å²) >= 11 is 0. The standard InChI is InChI=1S/C18H23NO2/c1-4-8-19-18(16-7-9-20-13(16)3)14-5-6-17-15(11-14)10-12(2)21-17/h5-7,9,11-12,18-19H,4,8,10H2,1-3H3. The van der Waals surface area contributed by atoms with Gasteiger partial charge in [-0.1, -0.05) is 19.1 Å². The number of rotatable bonds is 5. The molecule has 112 valence electrons. The lowest BCUT2D eigenvalue weighted by Gasteiger charge is -2.19. The van der Waals surface area contributed by atoms with E-state index in [0.717, 1.165) is 30.9 Å². The molecule has 21 heavy (non-hydrogen) atoms. The second-order valence-electron chi connectivity index (χ2n) is 5.82. The zero-order valence-electron chi connectivity index (χ0n) is 13.0. The van der Waals surface area contributed by atoms with Crippen LogP contribution in [0.1, 0.15) is 48.8 Å². The molecular weight excluding hydrogens is 262 g/mol. The summed E-state index contributed by atoms with van der Waals surface area (Å²) in [5.74, 6) is 2.01. The third kappa shape index (κ3) is 2.84. The molecule has 0 bridgehead atoms. The Morgan fingerprint density at radius 1 is 1.33 bits per heavy atom. The first kappa shape index (κ1) is 14.2. The highest BCUT2D eigenvalue weighted by Gasteiger charge is 2.23. The van der Waals surface area contributed by atoms with Crippen LogP contribution in [0.2, 0.25) is 0 Å². The molecule has 1 aromatic carbocycles. The zero-order chi connectivity index (χ0) is 14.8. The molecule has 0 aliphatic carbocycles. The fraction of sp³-hybridized carbons (Fsp3) is 0.444. The predicted molar refractivity (Wildman–Crippen MR) is 83.8 cm³/mol. The van der Waals surface area contributed by atoms with Gasteiger partial charge in [0.1, 0.15) is 17.6 Å². The van der Waals surface area contributed by atoms with E-state index in [4.69, 9.17) is 9.15 Å². The summed E-state index contributed by atoms with van der Waals surface area (Å²) in [6.45, 7) is 7.31. The topological polar surface area (TPSA) is 34.4 Å². The first-order chi connectivity index (χ1) is 10.2. The van der Waals surface area contributed by atoms with Gasteiger partial charge in [0.15, 0.2) is 0 Å². The van der Waals surface area contributed by atoms with Crippen molar-refractivity contribution in [1.29, 1.82) is 0 Å². The van der Waals surface area contributed by atoms with Gasteiger partial charge in [0, 0.05) is 12.0 Å². The number of benzene rings is 1. The minimum absolute atomic E-state index is 0.185. The van der Waals surface area contributed by atoms with Gasteiger partial charge < -0.3 is 14.5 Å². The van der Waals surface area contributed by atoms with Crippen molar-refractivity contribution in [3.05, 3.63) is 53.0 Å². The molecule has 0 saturated carbocycles. The highest BCUT2D eigenvalue weighted by molar-refractivity contribution is 5.44. The number of aryl methyl sites for hydroxylation is 1. The first-order valence-corrected chi connectivity index (χ1v) is 7.76. The summed E-state index contributed by atoms with van der Waals surface area (Å²) in [4.78, 5) is 0. The van der Waals surface area contributed by atoms with E-state index in [0.29, 0.717) is 0 Å². The number of fused-ring (bicyclic) bond motifs is 1. The molecule has 3 rings (SSSR count). The Balaban J connectivity index is 1.94. The van der Waals surface area contributed by atoms with Crippen molar-refractivity contribution >= 4 is 0 Å². The molecular formula is C18H23NO2. The minimum atomic E-state index is 0.185. The van der Waals surface area contributed by atoms with Crippen LogP contribution in [0.3, 0.4) is 0 Å². The van der Waals surface area contributed by atoms with E-state index in [2.05, 4.69) is 43.4 Å². The van der Waals surface area contributed by atoms with Crippen molar-refractivity contribution in [2.45, 2.75) is 45.8 Å². The first-order valence-electron chi connectivity index (χ1n) is 7.76. The predicted octanol–water partition coefficient (Wildman–Crippen LogP) is 4.00. The molecule has 1 N–H and O–H groups in total. The highest BCUT2D eigenvalue weighted by Crippen LogP contribution is 2.33. The van der Waals surface area contributed by atoms with Gasteiger partial charge in [0.2, 0.25) is 0 Å². The Hall–Kier alpha value is -1.74. The number of nitrogens with one attached hydrogen (secondary N) is 1. The molecule has 1 aromatic heterocycles. The van der Waals surface area contributed by atoms with E-state index in [1.807, 2.05) is 6.92 Å². The van der Waals surface area contributed by atoms with E-state index in [1.165, 1.54) is 16.7 Å². The summed E-state index contributed by atoms with van der Waals surface area (Å²) < 4.78 is 11.3. The van der Waals surface area contributed by atoms with Gasteiger partial charge in [-0.25, -0.2) is 0 Å². The Morgan fingerprint density at radius 2 is 2.19 bits per heavy atom. The molecule has 0 amide bonds. The molecule has 3 nitrogen and oxygen atoms in total. The van der Waals surface area contributed by atoms with Crippen LogP contribution in [0, 0.1) is 6.92 Å². The Morgan fingerprint density at radius 3 is 2.90 bits per heavy atom. The van der Waals surface area contributed by atoms with Crippen LogP contribution in [-0.2, 0) is 6.42 Å². The van der Waals surface area contributed by atoms with Crippen molar-refractivity contribution in [3.63, 3.8) is 0 Å². The second kappa shape index (κ2) is 5.94. The van der Waals surface area contributed by atoms with Crippen molar-refractivity contribution in [3.8, 4) is 5.75 Å². The SMILES string of the molecule is CCCNC(c1ccc2c(c1)CC(C)O2)c1ccoc1C. The van der Waals surface area contributed by atoms with Gasteiger partial charge >= 0.3 is 0 Å². The van der Waals surface area contributed by atoms with E-state index < -0.39 is 0 Å². The van der Waals surface area contributed by atoms with Gasteiger partial charge in [0.05, 0.1) is 12.3 Å². The maximum Gasteiger partial charge on any atom is 0.123 e. The van der Waals surface area contributed by atoms with Crippen molar-refractivity contribution < 1.29 is 9.15 Å².